The Morgan fingerprint density at radius 2 is 1.53 bits per heavy atom. The second-order valence-electron chi connectivity index (χ2n) is 7.10. The number of hydrogen-bond donors (Lipinski definition) is 0. The van der Waals surface area contributed by atoms with Crippen molar-refractivity contribution in [1.29, 1.82) is 0 Å². The highest BCUT2D eigenvalue weighted by Crippen LogP contribution is 2.20. The molecule has 32 heavy (non-hydrogen) atoms. The van der Waals surface area contributed by atoms with Gasteiger partial charge >= 0.3 is 14.3 Å². The van der Waals surface area contributed by atoms with Crippen LogP contribution in [0.1, 0.15) is 23.1 Å². The molecule has 0 radical (unpaired) electrons. The minimum Gasteiger partial charge on any atom is -0.741 e. The Morgan fingerprint density at radius 3 is 1.94 bits per heavy atom. The number of rotatable bonds is 8. The van der Waals surface area contributed by atoms with Crippen LogP contribution in [0, 0.1) is 20.8 Å². The van der Waals surface area contributed by atoms with Gasteiger partial charge in [-0.3, -0.25) is 0 Å². The maximum Gasteiger partial charge on any atom is 0.500 e. The summed E-state index contributed by atoms with van der Waals surface area (Å²) >= 11 is 0. The van der Waals surface area contributed by atoms with Crippen LogP contribution in [-0.2, 0) is 29.9 Å². The van der Waals surface area contributed by atoms with E-state index in [4.69, 9.17) is 26.2 Å². The van der Waals surface area contributed by atoms with Crippen LogP contribution in [0.4, 0.5) is 13.2 Å². The van der Waals surface area contributed by atoms with Crippen molar-refractivity contribution in [1.82, 2.24) is 4.57 Å². The molecule has 0 bridgehead atoms. The third-order valence-corrected chi connectivity index (χ3v) is 8.10. The molecule has 0 aliphatic carbocycles. The van der Waals surface area contributed by atoms with Gasteiger partial charge in [0.2, 0.25) is 6.33 Å². The molecule has 0 saturated carbocycles. The molecule has 8 nitrogen and oxygen atoms in total. The first-order valence-electron chi connectivity index (χ1n) is 9.52. The normalized spacial score (nSPS) is 12.4. The van der Waals surface area contributed by atoms with Crippen molar-refractivity contribution < 1.29 is 44.0 Å². The highest BCUT2D eigenvalue weighted by Gasteiger charge is 2.37. The first-order valence-corrected chi connectivity index (χ1v) is 12.9. The summed E-state index contributed by atoms with van der Waals surface area (Å²) in [5, 5.41) is 0. The summed E-state index contributed by atoms with van der Waals surface area (Å²) in [6.45, 7) is 7.36. The maximum atomic E-state index is 10.7. The third kappa shape index (κ3) is 7.67. The van der Waals surface area contributed by atoms with Crippen molar-refractivity contribution in [2.45, 2.75) is 45.3 Å². The van der Waals surface area contributed by atoms with E-state index in [2.05, 4.69) is 60.8 Å². The Balaban J connectivity index is 0.000000547. The SMILES string of the molecule is CO[Si](CCCn1cc[n+](-c2c(C)cc(C)cc2C)c1)(OC)OC.O=S(=O)([O-])C(F)(F)F. The summed E-state index contributed by atoms with van der Waals surface area (Å²) in [6, 6.07) is 5.25. The van der Waals surface area contributed by atoms with Gasteiger partial charge in [0.25, 0.3) is 0 Å². The zero-order chi connectivity index (χ0) is 24.7. The summed E-state index contributed by atoms with van der Waals surface area (Å²) in [7, 11) is -3.59. The monoisotopic (exact) mass is 498 g/mol. The highest BCUT2D eigenvalue weighted by molar-refractivity contribution is 7.86. The molecular weight excluding hydrogens is 469 g/mol. The average Bonchev–Trinajstić information content (AvgIpc) is 3.12. The van der Waals surface area contributed by atoms with E-state index in [-0.39, 0.29) is 0 Å². The van der Waals surface area contributed by atoms with Crippen LogP contribution in [0.3, 0.4) is 0 Å². The van der Waals surface area contributed by atoms with E-state index in [1.807, 2.05) is 0 Å². The molecule has 0 aliphatic rings. The van der Waals surface area contributed by atoms with Crippen molar-refractivity contribution in [3.05, 3.63) is 47.5 Å². The lowest BCUT2D eigenvalue weighted by Gasteiger charge is -2.23. The molecule has 0 unspecified atom stereocenters. The number of nitrogens with zero attached hydrogens (tertiary/aromatic N) is 2. The molecule has 0 atom stereocenters. The van der Waals surface area contributed by atoms with Crippen molar-refractivity contribution in [3.63, 3.8) is 0 Å². The van der Waals surface area contributed by atoms with Gasteiger partial charge in [0.1, 0.15) is 18.1 Å². The molecule has 182 valence electrons. The second-order valence-corrected chi connectivity index (χ2v) is 11.6. The number of hydrogen-bond acceptors (Lipinski definition) is 6. The molecule has 13 heteroatoms. The van der Waals surface area contributed by atoms with E-state index in [0.717, 1.165) is 19.0 Å². The van der Waals surface area contributed by atoms with E-state index in [1.165, 1.54) is 22.4 Å². The van der Waals surface area contributed by atoms with Crippen molar-refractivity contribution >= 4 is 18.9 Å². The van der Waals surface area contributed by atoms with Gasteiger partial charge in [-0.15, -0.1) is 0 Å². The predicted molar refractivity (Wildman–Crippen MR) is 112 cm³/mol. The van der Waals surface area contributed by atoms with Crippen LogP contribution in [0.5, 0.6) is 0 Å². The summed E-state index contributed by atoms with van der Waals surface area (Å²) in [4.78, 5) is 0. The van der Waals surface area contributed by atoms with E-state index in [9.17, 15) is 13.2 Å². The molecule has 2 rings (SSSR count). The Hall–Kier alpha value is -1.77. The summed E-state index contributed by atoms with van der Waals surface area (Å²) in [6.07, 6.45) is 7.30. The van der Waals surface area contributed by atoms with Crippen LogP contribution in [0.15, 0.2) is 30.9 Å². The van der Waals surface area contributed by atoms with Crippen LogP contribution in [-0.4, -0.2) is 53.2 Å². The zero-order valence-corrected chi connectivity index (χ0v) is 20.7. The highest BCUT2D eigenvalue weighted by atomic mass is 32.2. The molecule has 0 aliphatic heterocycles. The fourth-order valence-corrected chi connectivity index (χ4v) is 4.98. The molecule has 0 N–H and O–H groups in total. The second kappa shape index (κ2) is 11.4. The van der Waals surface area contributed by atoms with Gasteiger partial charge in [-0.2, -0.15) is 13.2 Å². The fraction of sp³-hybridized carbons (Fsp3) is 0.526. The quantitative estimate of drug-likeness (QED) is 0.240. The zero-order valence-electron chi connectivity index (χ0n) is 18.9. The van der Waals surface area contributed by atoms with Crippen LogP contribution < -0.4 is 4.57 Å². The van der Waals surface area contributed by atoms with Gasteiger partial charge in [0.05, 0.1) is 6.54 Å². The minimum absolute atomic E-state index is 0.803. The van der Waals surface area contributed by atoms with E-state index in [0.29, 0.717) is 0 Å². The van der Waals surface area contributed by atoms with E-state index >= 15 is 0 Å². The van der Waals surface area contributed by atoms with Gasteiger partial charge in [0.15, 0.2) is 10.1 Å². The summed E-state index contributed by atoms with van der Waals surface area (Å²) in [5.41, 5.74) is -0.505. The minimum atomic E-state index is -6.09. The Bertz CT molecular complexity index is 960. The molecule has 0 fully saturated rings. The van der Waals surface area contributed by atoms with E-state index in [1.54, 1.807) is 21.3 Å². The van der Waals surface area contributed by atoms with Crippen molar-refractivity contribution in [3.8, 4) is 5.69 Å². The number of alkyl halides is 3. The van der Waals surface area contributed by atoms with Crippen LogP contribution in [0.25, 0.3) is 5.69 Å². The average molecular weight is 499 g/mol. The predicted octanol–water partition coefficient (Wildman–Crippen LogP) is 3.01. The van der Waals surface area contributed by atoms with Crippen molar-refractivity contribution in [2.24, 2.45) is 0 Å². The van der Waals surface area contributed by atoms with Gasteiger partial charge < -0.3 is 17.8 Å². The topological polar surface area (TPSA) is 93.7 Å². The van der Waals surface area contributed by atoms with Gasteiger partial charge in [-0.25, -0.2) is 17.6 Å². The maximum absolute atomic E-state index is 10.7. The lowest BCUT2D eigenvalue weighted by Crippen LogP contribution is -2.42. The molecular formula is C19H29F3N2O6SSi. The molecule has 0 amide bonds. The first-order chi connectivity index (χ1) is 14.7. The molecule has 1 aromatic carbocycles. The van der Waals surface area contributed by atoms with E-state index < -0.39 is 24.4 Å². The molecule has 0 spiro atoms. The number of aromatic nitrogens is 2. The number of benzene rings is 1. The molecule has 1 aromatic heterocycles. The Kier molecular flexibility index (Phi) is 10.1. The summed E-state index contributed by atoms with van der Waals surface area (Å²) < 4.78 is 79.7. The van der Waals surface area contributed by atoms with Crippen LogP contribution in [0.2, 0.25) is 6.04 Å². The Labute approximate surface area is 187 Å². The third-order valence-electron chi connectivity index (χ3n) is 4.70. The lowest BCUT2D eigenvalue weighted by atomic mass is 10.1. The number of imidazole rings is 1. The summed E-state index contributed by atoms with van der Waals surface area (Å²) in [5.74, 6) is 0. The van der Waals surface area contributed by atoms with Gasteiger partial charge in [0, 0.05) is 27.4 Å². The number of aryl methyl sites for hydroxylation is 4. The van der Waals surface area contributed by atoms with Crippen molar-refractivity contribution in [2.75, 3.05) is 21.3 Å². The largest absolute Gasteiger partial charge is 0.741 e. The van der Waals surface area contributed by atoms with Gasteiger partial charge in [-0.05, 0) is 38.3 Å². The smallest absolute Gasteiger partial charge is 0.500 e. The number of halogens is 3. The first kappa shape index (κ1) is 28.3. The lowest BCUT2D eigenvalue weighted by molar-refractivity contribution is -0.596. The van der Waals surface area contributed by atoms with Gasteiger partial charge in [-0.1, -0.05) is 17.7 Å². The van der Waals surface area contributed by atoms with Crippen LogP contribution >= 0.6 is 0 Å². The molecule has 2 aromatic rings. The standard InChI is InChI=1S/C18H29N2O3Si.CHF3O3S/c1-15-12-16(2)18(17(3)13-15)20-10-9-19(14-20)8-7-11-24(21-4,22-5)23-6;2-1(3,4)8(5,6)7/h9-10,12-14H,7-8,11H2,1-6H3;(H,5,6,7)/q+1;/p-1. The Morgan fingerprint density at radius 1 is 1.06 bits per heavy atom. The fourth-order valence-electron chi connectivity index (χ4n) is 3.27. The molecule has 0 saturated heterocycles. The molecule has 1 heterocycles.